The molecular weight excluding hydrogens is 320 g/mol. The van der Waals surface area contributed by atoms with E-state index in [0.717, 1.165) is 17.5 Å². The molecule has 0 amide bonds. The van der Waals surface area contributed by atoms with Gasteiger partial charge >= 0.3 is 0 Å². The molecule has 0 N–H and O–H groups in total. The number of Topliss-reactive ketones (excluding diaryl/α,β-unsaturated/α-hetero) is 1. The third kappa shape index (κ3) is 3.06. The van der Waals surface area contributed by atoms with E-state index in [1.807, 2.05) is 60.7 Å². The highest BCUT2D eigenvalue weighted by Crippen LogP contribution is 2.39. The molecule has 1 aliphatic rings. The van der Waals surface area contributed by atoms with Gasteiger partial charge in [0.25, 0.3) is 0 Å². The zero-order chi connectivity index (χ0) is 17.9. The van der Waals surface area contributed by atoms with Crippen molar-refractivity contribution in [1.29, 1.82) is 0 Å². The Balaban J connectivity index is 1.82. The topological polar surface area (TPSA) is 26.3 Å². The first-order valence-electron chi connectivity index (χ1n) is 8.92. The Bertz CT molecular complexity index is 953. The van der Waals surface area contributed by atoms with Gasteiger partial charge in [0.2, 0.25) is 0 Å². The number of fused-ring (bicyclic) bond motifs is 1. The summed E-state index contributed by atoms with van der Waals surface area (Å²) in [6, 6.07) is 25.7. The number of ether oxygens (including phenoxy) is 1. The number of carbonyl (C=O) groups excluding carboxylic acids is 1. The van der Waals surface area contributed by atoms with Crippen LogP contribution in [0.5, 0.6) is 5.75 Å². The summed E-state index contributed by atoms with van der Waals surface area (Å²) in [7, 11) is 0. The average molecular weight is 340 g/mol. The molecule has 0 saturated heterocycles. The Morgan fingerprint density at radius 2 is 1.58 bits per heavy atom. The minimum atomic E-state index is -0.399. The smallest absolute Gasteiger partial charge is 0.196 e. The molecule has 0 aliphatic carbocycles. The number of ketones is 1. The van der Waals surface area contributed by atoms with Crippen LogP contribution in [-0.4, -0.2) is 5.78 Å². The summed E-state index contributed by atoms with van der Waals surface area (Å²) in [4.78, 5) is 13.2. The number of benzene rings is 3. The predicted molar refractivity (Wildman–Crippen MR) is 104 cm³/mol. The minimum Gasteiger partial charge on any atom is -0.480 e. The van der Waals surface area contributed by atoms with Crippen molar-refractivity contribution in [3.8, 4) is 5.75 Å². The standard InChI is InChI=1S/C24H20O2/c1-2-17-12-14-18(15-13-17)16-21-23(25)20-10-6-7-11-22(20)26-24(21)19-8-4-3-5-9-19/h3-16,24H,2H2,1H3/b21-16-/t24-/m1/s1. The molecule has 3 aromatic carbocycles. The van der Waals surface area contributed by atoms with Gasteiger partial charge in [0.15, 0.2) is 11.9 Å². The third-order valence-electron chi connectivity index (χ3n) is 4.73. The predicted octanol–water partition coefficient (Wildman–Crippen LogP) is 5.65. The molecule has 0 aromatic heterocycles. The maximum absolute atomic E-state index is 13.2. The normalized spacial score (nSPS) is 17.7. The van der Waals surface area contributed by atoms with Crippen LogP contribution in [0.3, 0.4) is 0 Å². The number of para-hydroxylation sites is 1. The lowest BCUT2D eigenvalue weighted by atomic mass is 9.89. The summed E-state index contributed by atoms with van der Waals surface area (Å²) < 4.78 is 6.23. The summed E-state index contributed by atoms with van der Waals surface area (Å²) in [5.41, 5.74) is 4.56. The first-order chi connectivity index (χ1) is 12.8. The lowest BCUT2D eigenvalue weighted by Crippen LogP contribution is -2.23. The van der Waals surface area contributed by atoms with Gasteiger partial charge in [0, 0.05) is 5.57 Å². The number of hydrogen-bond donors (Lipinski definition) is 0. The van der Waals surface area contributed by atoms with Crippen molar-refractivity contribution < 1.29 is 9.53 Å². The van der Waals surface area contributed by atoms with Crippen LogP contribution in [0, 0.1) is 0 Å². The van der Waals surface area contributed by atoms with Gasteiger partial charge in [-0.05, 0) is 41.3 Å². The average Bonchev–Trinajstić information content (AvgIpc) is 2.71. The second-order valence-electron chi connectivity index (χ2n) is 6.43. The van der Waals surface area contributed by atoms with Crippen molar-refractivity contribution in [3.05, 3.63) is 107 Å². The molecule has 0 saturated carbocycles. The summed E-state index contributed by atoms with van der Waals surface area (Å²) in [6.07, 6.45) is 2.55. The quantitative estimate of drug-likeness (QED) is 0.576. The highest BCUT2D eigenvalue weighted by molar-refractivity contribution is 6.14. The highest BCUT2D eigenvalue weighted by Gasteiger charge is 2.32. The molecular formula is C24H20O2. The Hall–Kier alpha value is -3.13. The van der Waals surface area contributed by atoms with Crippen molar-refractivity contribution in [2.24, 2.45) is 0 Å². The Labute approximate surface area is 153 Å². The fraction of sp³-hybridized carbons (Fsp3) is 0.125. The van der Waals surface area contributed by atoms with Crippen molar-refractivity contribution in [3.63, 3.8) is 0 Å². The molecule has 0 fully saturated rings. The van der Waals surface area contributed by atoms with Crippen LogP contribution in [0.25, 0.3) is 6.08 Å². The van der Waals surface area contributed by atoms with E-state index in [1.165, 1.54) is 5.56 Å². The fourth-order valence-corrected chi connectivity index (χ4v) is 3.27. The van der Waals surface area contributed by atoms with E-state index in [2.05, 4.69) is 31.2 Å². The van der Waals surface area contributed by atoms with Crippen LogP contribution in [-0.2, 0) is 6.42 Å². The van der Waals surface area contributed by atoms with Gasteiger partial charge in [-0.25, -0.2) is 0 Å². The molecule has 4 rings (SSSR count). The summed E-state index contributed by atoms with van der Waals surface area (Å²) in [5.74, 6) is 0.671. The second kappa shape index (κ2) is 7.01. The molecule has 0 unspecified atom stereocenters. The Morgan fingerprint density at radius 1 is 0.885 bits per heavy atom. The molecule has 0 bridgehead atoms. The van der Waals surface area contributed by atoms with Crippen molar-refractivity contribution >= 4 is 11.9 Å². The van der Waals surface area contributed by atoms with Crippen LogP contribution in [0.1, 0.15) is 40.1 Å². The molecule has 0 radical (unpaired) electrons. The zero-order valence-electron chi connectivity index (χ0n) is 14.7. The van der Waals surface area contributed by atoms with Crippen LogP contribution in [0.15, 0.2) is 84.4 Å². The van der Waals surface area contributed by atoms with Gasteiger partial charge < -0.3 is 4.74 Å². The van der Waals surface area contributed by atoms with Crippen LogP contribution in [0.2, 0.25) is 0 Å². The molecule has 26 heavy (non-hydrogen) atoms. The highest BCUT2D eigenvalue weighted by atomic mass is 16.5. The van der Waals surface area contributed by atoms with Gasteiger partial charge in [-0.2, -0.15) is 0 Å². The Morgan fingerprint density at radius 3 is 2.31 bits per heavy atom. The van der Waals surface area contributed by atoms with Crippen LogP contribution in [0.4, 0.5) is 0 Å². The van der Waals surface area contributed by atoms with E-state index in [4.69, 9.17) is 4.74 Å². The van der Waals surface area contributed by atoms with E-state index in [-0.39, 0.29) is 5.78 Å². The largest absolute Gasteiger partial charge is 0.480 e. The van der Waals surface area contributed by atoms with Gasteiger partial charge in [-0.15, -0.1) is 0 Å². The first kappa shape index (κ1) is 16.3. The maximum atomic E-state index is 13.2. The number of hydrogen-bond acceptors (Lipinski definition) is 2. The van der Waals surface area contributed by atoms with E-state index >= 15 is 0 Å². The van der Waals surface area contributed by atoms with Gasteiger partial charge in [-0.3, -0.25) is 4.79 Å². The van der Waals surface area contributed by atoms with Crippen LogP contribution < -0.4 is 4.74 Å². The van der Waals surface area contributed by atoms with Gasteiger partial charge in [0.1, 0.15) is 5.75 Å². The first-order valence-corrected chi connectivity index (χ1v) is 8.92. The van der Waals surface area contributed by atoms with Crippen molar-refractivity contribution in [1.82, 2.24) is 0 Å². The molecule has 2 heteroatoms. The van der Waals surface area contributed by atoms with Crippen molar-refractivity contribution in [2.45, 2.75) is 19.4 Å². The molecule has 3 aromatic rings. The molecule has 1 heterocycles. The summed E-state index contributed by atoms with van der Waals surface area (Å²) in [6.45, 7) is 2.13. The molecule has 2 nitrogen and oxygen atoms in total. The van der Waals surface area contributed by atoms with Crippen LogP contribution >= 0.6 is 0 Å². The molecule has 0 spiro atoms. The summed E-state index contributed by atoms with van der Waals surface area (Å²) in [5, 5.41) is 0. The molecule has 1 atom stereocenters. The van der Waals surface area contributed by atoms with Gasteiger partial charge in [-0.1, -0.05) is 73.7 Å². The molecule has 128 valence electrons. The Kier molecular flexibility index (Phi) is 4.40. The number of rotatable bonds is 3. The van der Waals surface area contributed by atoms with Gasteiger partial charge in [0.05, 0.1) is 5.56 Å². The molecule has 1 aliphatic heterocycles. The lowest BCUT2D eigenvalue weighted by Gasteiger charge is -2.28. The number of carbonyl (C=O) groups is 1. The minimum absolute atomic E-state index is 0.0280. The fourth-order valence-electron chi connectivity index (χ4n) is 3.27. The third-order valence-corrected chi connectivity index (χ3v) is 4.73. The maximum Gasteiger partial charge on any atom is 0.196 e. The second-order valence-corrected chi connectivity index (χ2v) is 6.43. The monoisotopic (exact) mass is 340 g/mol. The lowest BCUT2D eigenvalue weighted by molar-refractivity contribution is 0.0963. The summed E-state index contributed by atoms with van der Waals surface area (Å²) >= 11 is 0. The van der Waals surface area contributed by atoms with E-state index in [9.17, 15) is 4.79 Å². The number of aryl methyl sites for hydroxylation is 1. The van der Waals surface area contributed by atoms with E-state index in [1.54, 1.807) is 0 Å². The zero-order valence-corrected chi connectivity index (χ0v) is 14.7. The SMILES string of the molecule is CCc1ccc(/C=C2/C(=O)c3ccccc3O[C@@H]2c2ccccc2)cc1. The van der Waals surface area contributed by atoms with E-state index < -0.39 is 6.10 Å². The van der Waals surface area contributed by atoms with E-state index in [0.29, 0.717) is 16.9 Å². The van der Waals surface area contributed by atoms with Crippen molar-refractivity contribution in [2.75, 3.05) is 0 Å².